The zero-order chi connectivity index (χ0) is 22.6. The third kappa shape index (κ3) is 4.45. The first-order valence-electron chi connectivity index (χ1n) is 11.6. The molecule has 1 saturated carbocycles. The number of carbonyl (C=O) groups excluding carboxylic acids is 2. The van der Waals surface area contributed by atoms with Crippen LogP contribution in [0.1, 0.15) is 36.3 Å². The molecule has 3 nitrogen and oxygen atoms in total. The normalized spacial score (nSPS) is 23.5. The van der Waals surface area contributed by atoms with Crippen molar-refractivity contribution in [2.45, 2.75) is 25.2 Å². The number of nitrogens with one attached hydrogen (secondary N) is 1. The second-order valence-corrected chi connectivity index (χ2v) is 8.85. The SMILES string of the molecule is O=C1C=C2C(=Cc3ccccc3)CCCC2C(c2ccccc2)C1C(=O)Nc1ccccc1. The fourth-order valence-corrected chi connectivity index (χ4v) is 5.32. The Morgan fingerprint density at radius 1 is 0.848 bits per heavy atom. The predicted octanol–water partition coefficient (Wildman–Crippen LogP) is 6.42. The van der Waals surface area contributed by atoms with Gasteiger partial charge in [-0.1, -0.05) is 84.9 Å². The first-order chi connectivity index (χ1) is 16.2. The van der Waals surface area contributed by atoms with E-state index in [0.717, 1.165) is 36.0 Å². The van der Waals surface area contributed by atoms with Crippen molar-refractivity contribution < 1.29 is 9.59 Å². The van der Waals surface area contributed by atoms with E-state index in [-0.39, 0.29) is 23.5 Å². The molecular formula is C30H27NO2. The molecule has 1 N–H and O–H groups in total. The van der Waals surface area contributed by atoms with Gasteiger partial charge < -0.3 is 5.32 Å². The van der Waals surface area contributed by atoms with E-state index >= 15 is 0 Å². The van der Waals surface area contributed by atoms with Gasteiger partial charge in [-0.3, -0.25) is 9.59 Å². The van der Waals surface area contributed by atoms with Crippen LogP contribution in [0, 0.1) is 11.8 Å². The number of hydrogen-bond donors (Lipinski definition) is 1. The lowest BCUT2D eigenvalue weighted by atomic mass is 9.62. The van der Waals surface area contributed by atoms with Gasteiger partial charge in [-0.15, -0.1) is 0 Å². The third-order valence-electron chi connectivity index (χ3n) is 6.78. The van der Waals surface area contributed by atoms with Crippen molar-refractivity contribution in [3.05, 3.63) is 119 Å². The van der Waals surface area contributed by atoms with Gasteiger partial charge in [0.15, 0.2) is 5.78 Å². The fraction of sp³-hybridized carbons (Fsp3) is 0.200. The molecule has 3 unspecified atom stereocenters. The highest BCUT2D eigenvalue weighted by Gasteiger charge is 2.45. The standard InChI is InChI=1S/C30H27NO2/c32-27-20-26-23(19-21-11-4-1-5-12-21)15-10-18-25(26)28(22-13-6-2-7-14-22)29(27)30(33)31-24-16-8-3-9-17-24/h1-9,11-14,16-17,19-20,25,28-29H,10,15,18H2,(H,31,33). The van der Waals surface area contributed by atoms with E-state index in [0.29, 0.717) is 5.69 Å². The van der Waals surface area contributed by atoms with Crippen LogP contribution in [0.3, 0.4) is 0 Å². The molecule has 1 amide bonds. The summed E-state index contributed by atoms with van der Waals surface area (Å²) in [6.07, 6.45) is 6.93. The van der Waals surface area contributed by atoms with E-state index in [4.69, 9.17) is 0 Å². The maximum absolute atomic E-state index is 13.5. The van der Waals surface area contributed by atoms with E-state index in [9.17, 15) is 9.59 Å². The highest BCUT2D eigenvalue weighted by Crippen LogP contribution is 2.49. The Hall–Kier alpha value is -3.72. The van der Waals surface area contributed by atoms with Crippen LogP contribution < -0.4 is 5.32 Å². The molecule has 3 heteroatoms. The van der Waals surface area contributed by atoms with Crippen LogP contribution in [0.25, 0.3) is 6.08 Å². The van der Waals surface area contributed by atoms with Gasteiger partial charge in [0.1, 0.15) is 5.92 Å². The van der Waals surface area contributed by atoms with E-state index in [2.05, 4.69) is 35.7 Å². The summed E-state index contributed by atoms with van der Waals surface area (Å²) >= 11 is 0. The number of amides is 1. The molecule has 1 fully saturated rings. The molecule has 2 aliphatic rings. The largest absolute Gasteiger partial charge is 0.325 e. The Morgan fingerprint density at radius 2 is 1.48 bits per heavy atom. The number of rotatable bonds is 4. The molecule has 3 aromatic carbocycles. The lowest BCUT2D eigenvalue weighted by Crippen LogP contribution is -2.41. The Balaban J connectivity index is 1.55. The highest BCUT2D eigenvalue weighted by molar-refractivity contribution is 6.13. The average molecular weight is 434 g/mol. The van der Waals surface area contributed by atoms with Gasteiger partial charge in [-0.25, -0.2) is 0 Å². The van der Waals surface area contributed by atoms with Crippen molar-refractivity contribution in [2.75, 3.05) is 5.32 Å². The minimum atomic E-state index is -0.738. The Labute approximate surface area is 194 Å². The number of para-hydroxylation sites is 1. The molecule has 3 aromatic rings. The maximum atomic E-state index is 13.5. The van der Waals surface area contributed by atoms with E-state index in [1.54, 1.807) is 6.08 Å². The van der Waals surface area contributed by atoms with Gasteiger partial charge in [-0.2, -0.15) is 0 Å². The van der Waals surface area contributed by atoms with Crippen LogP contribution in [0.4, 0.5) is 5.69 Å². The van der Waals surface area contributed by atoms with Gasteiger partial charge in [0, 0.05) is 11.6 Å². The predicted molar refractivity (Wildman–Crippen MR) is 133 cm³/mol. The summed E-state index contributed by atoms with van der Waals surface area (Å²) in [6.45, 7) is 0. The van der Waals surface area contributed by atoms with E-state index in [1.165, 1.54) is 5.57 Å². The van der Waals surface area contributed by atoms with Crippen molar-refractivity contribution in [3.63, 3.8) is 0 Å². The molecule has 0 radical (unpaired) electrons. The number of fused-ring (bicyclic) bond motifs is 1. The quantitative estimate of drug-likeness (QED) is 0.483. The number of allylic oxidation sites excluding steroid dienone is 3. The van der Waals surface area contributed by atoms with Gasteiger partial charge in [0.25, 0.3) is 0 Å². The summed E-state index contributed by atoms with van der Waals surface area (Å²) in [5.74, 6) is -1.11. The van der Waals surface area contributed by atoms with E-state index in [1.807, 2.05) is 66.7 Å². The molecule has 2 aliphatic carbocycles. The van der Waals surface area contributed by atoms with Crippen molar-refractivity contribution in [1.29, 1.82) is 0 Å². The number of benzene rings is 3. The molecule has 0 aliphatic heterocycles. The lowest BCUT2D eigenvalue weighted by Gasteiger charge is -2.41. The fourth-order valence-electron chi connectivity index (χ4n) is 5.32. The summed E-state index contributed by atoms with van der Waals surface area (Å²) in [6, 6.07) is 29.7. The molecule has 0 aromatic heterocycles. The summed E-state index contributed by atoms with van der Waals surface area (Å²) in [5.41, 5.74) is 5.23. The monoisotopic (exact) mass is 433 g/mol. The first kappa shape index (κ1) is 21.1. The number of ketones is 1. The smallest absolute Gasteiger partial charge is 0.235 e. The van der Waals surface area contributed by atoms with Gasteiger partial charge in [-0.05, 0) is 65.7 Å². The average Bonchev–Trinajstić information content (AvgIpc) is 2.85. The Kier molecular flexibility index (Phi) is 6.03. The number of carbonyl (C=O) groups is 2. The molecule has 164 valence electrons. The van der Waals surface area contributed by atoms with Crippen LogP contribution >= 0.6 is 0 Å². The van der Waals surface area contributed by atoms with Crippen LogP contribution in [0.2, 0.25) is 0 Å². The van der Waals surface area contributed by atoms with Gasteiger partial charge in [0.05, 0.1) is 0 Å². The molecule has 5 rings (SSSR count). The molecule has 33 heavy (non-hydrogen) atoms. The van der Waals surface area contributed by atoms with Crippen LogP contribution in [0.5, 0.6) is 0 Å². The summed E-state index contributed by atoms with van der Waals surface area (Å²) in [7, 11) is 0. The second-order valence-electron chi connectivity index (χ2n) is 8.85. The zero-order valence-corrected chi connectivity index (χ0v) is 18.5. The summed E-state index contributed by atoms with van der Waals surface area (Å²) < 4.78 is 0. The van der Waals surface area contributed by atoms with Crippen LogP contribution in [0.15, 0.2) is 108 Å². The third-order valence-corrected chi connectivity index (χ3v) is 6.78. The van der Waals surface area contributed by atoms with Crippen LogP contribution in [-0.2, 0) is 9.59 Å². The minimum absolute atomic E-state index is 0.107. The molecule has 0 bridgehead atoms. The highest BCUT2D eigenvalue weighted by atomic mass is 16.2. The molecule has 0 heterocycles. The van der Waals surface area contributed by atoms with Gasteiger partial charge in [0.2, 0.25) is 5.91 Å². The molecule has 0 spiro atoms. The summed E-state index contributed by atoms with van der Waals surface area (Å²) in [4.78, 5) is 26.9. The van der Waals surface area contributed by atoms with Crippen molar-refractivity contribution >= 4 is 23.5 Å². The van der Waals surface area contributed by atoms with Crippen LogP contribution in [-0.4, -0.2) is 11.7 Å². The Bertz CT molecular complexity index is 1200. The Morgan fingerprint density at radius 3 is 2.18 bits per heavy atom. The lowest BCUT2D eigenvalue weighted by molar-refractivity contribution is -0.130. The number of anilines is 1. The molecule has 0 saturated heterocycles. The van der Waals surface area contributed by atoms with Gasteiger partial charge >= 0.3 is 0 Å². The zero-order valence-electron chi connectivity index (χ0n) is 18.5. The molecular weight excluding hydrogens is 406 g/mol. The minimum Gasteiger partial charge on any atom is -0.325 e. The van der Waals surface area contributed by atoms with Crippen molar-refractivity contribution in [3.8, 4) is 0 Å². The number of hydrogen-bond acceptors (Lipinski definition) is 2. The molecule has 3 atom stereocenters. The first-order valence-corrected chi connectivity index (χ1v) is 11.6. The maximum Gasteiger partial charge on any atom is 0.235 e. The van der Waals surface area contributed by atoms with Crippen molar-refractivity contribution in [1.82, 2.24) is 0 Å². The topological polar surface area (TPSA) is 46.2 Å². The van der Waals surface area contributed by atoms with E-state index < -0.39 is 5.92 Å². The summed E-state index contributed by atoms with van der Waals surface area (Å²) in [5, 5.41) is 2.98. The van der Waals surface area contributed by atoms with Crippen molar-refractivity contribution in [2.24, 2.45) is 11.8 Å². The second kappa shape index (κ2) is 9.41.